The van der Waals surface area contributed by atoms with E-state index in [1.807, 2.05) is 26.0 Å². The van der Waals surface area contributed by atoms with Crippen LogP contribution in [-0.2, 0) is 22.4 Å². The molecule has 0 bridgehead atoms. The van der Waals surface area contributed by atoms with Crippen LogP contribution in [0.4, 0.5) is 0 Å². The van der Waals surface area contributed by atoms with Crippen molar-refractivity contribution < 1.29 is 23.8 Å². The number of aromatic nitrogens is 1. The SMILES string of the molecule is CC=CC=CC(=O)N1CCc2ccc(OCCc3coc(/C(C)=C\CC)n3)cc2C1C(=O)O. The van der Waals surface area contributed by atoms with E-state index in [1.54, 1.807) is 30.6 Å². The fraction of sp³-hybridized carbons (Fsp3) is 0.346. The largest absolute Gasteiger partial charge is 0.493 e. The highest BCUT2D eigenvalue weighted by molar-refractivity contribution is 5.92. The Labute approximate surface area is 194 Å². The molecule has 1 aliphatic heterocycles. The van der Waals surface area contributed by atoms with Gasteiger partial charge in [-0.3, -0.25) is 4.79 Å². The van der Waals surface area contributed by atoms with Gasteiger partial charge >= 0.3 is 5.97 Å². The van der Waals surface area contributed by atoms with Crippen molar-refractivity contribution in [2.75, 3.05) is 13.2 Å². The lowest BCUT2D eigenvalue weighted by Crippen LogP contribution is -2.42. The Morgan fingerprint density at radius 1 is 1.33 bits per heavy atom. The van der Waals surface area contributed by atoms with Crippen LogP contribution < -0.4 is 4.74 Å². The maximum absolute atomic E-state index is 12.6. The van der Waals surface area contributed by atoms with E-state index in [-0.39, 0.29) is 5.91 Å². The highest BCUT2D eigenvalue weighted by Crippen LogP contribution is 2.33. The average Bonchev–Trinajstić information content (AvgIpc) is 3.27. The summed E-state index contributed by atoms with van der Waals surface area (Å²) in [5.74, 6) is -0.221. The van der Waals surface area contributed by atoms with Crippen molar-refractivity contribution in [1.29, 1.82) is 0 Å². The second kappa shape index (κ2) is 11.3. The minimum Gasteiger partial charge on any atom is -0.493 e. The minimum absolute atomic E-state index is 0.327. The van der Waals surface area contributed by atoms with E-state index < -0.39 is 12.0 Å². The lowest BCUT2D eigenvalue weighted by Gasteiger charge is -2.34. The molecule has 1 aliphatic rings. The summed E-state index contributed by atoms with van der Waals surface area (Å²) < 4.78 is 11.4. The van der Waals surface area contributed by atoms with Gasteiger partial charge in [0, 0.05) is 24.6 Å². The van der Waals surface area contributed by atoms with Gasteiger partial charge in [-0.2, -0.15) is 0 Å². The maximum atomic E-state index is 12.6. The van der Waals surface area contributed by atoms with Crippen LogP contribution in [0.5, 0.6) is 5.75 Å². The summed E-state index contributed by atoms with van der Waals surface area (Å²) in [5.41, 5.74) is 3.29. The number of benzene rings is 1. The molecule has 0 aliphatic carbocycles. The molecule has 1 aromatic carbocycles. The van der Waals surface area contributed by atoms with E-state index in [1.165, 1.54) is 11.0 Å². The van der Waals surface area contributed by atoms with E-state index in [2.05, 4.69) is 18.0 Å². The van der Waals surface area contributed by atoms with Gasteiger partial charge in [0.25, 0.3) is 0 Å². The third-order valence-corrected chi connectivity index (χ3v) is 5.43. The van der Waals surface area contributed by atoms with Crippen LogP contribution in [0, 0.1) is 0 Å². The Hall–Kier alpha value is -3.61. The number of carbonyl (C=O) groups is 2. The number of nitrogens with zero attached hydrogens (tertiary/aromatic N) is 2. The molecule has 7 heteroatoms. The van der Waals surface area contributed by atoms with E-state index in [0.717, 1.165) is 23.3 Å². The zero-order chi connectivity index (χ0) is 23.8. The van der Waals surface area contributed by atoms with Crippen molar-refractivity contribution >= 4 is 17.4 Å². The lowest BCUT2D eigenvalue weighted by molar-refractivity contribution is -0.149. The van der Waals surface area contributed by atoms with Crippen molar-refractivity contribution in [3.8, 4) is 5.75 Å². The average molecular weight is 451 g/mol. The summed E-state index contributed by atoms with van der Waals surface area (Å²) in [6.07, 6.45) is 12.3. The Bertz CT molecular complexity index is 1080. The van der Waals surface area contributed by atoms with E-state index in [9.17, 15) is 14.7 Å². The standard InChI is InChI=1S/C26H30N2O5/c1-4-6-7-9-23(29)28-14-12-19-10-11-21(16-22(19)24(28)26(30)31)32-15-13-20-17-33-25(27-20)18(3)8-5-2/h4,6-11,16-17,24H,5,12-15H2,1-3H3,(H,30,31)/b6-4?,9-7?,18-8-. The summed E-state index contributed by atoms with van der Waals surface area (Å²) in [7, 11) is 0. The van der Waals surface area contributed by atoms with Crippen molar-refractivity contribution in [2.45, 2.75) is 46.1 Å². The highest BCUT2D eigenvalue weighted by atomic mass is 16.5. The normalized spacial score (nSPS) is 16.4. The third-order valence-electron chi connectivity index (χ3n) is 5.43. The topological polar surface area (TPSA) is 92.9 Å². The molecule has 2 aromatic rings. The molecule has 0 saturated heterocycles. The zero-order valence-electron chi connectivity index (χ0n) is 19.3. The van der Waals surface area contributed by atoms with E-state index in [0.29, 0.717) is 43.2 Å². The van der Waals surface area contributed by atoms with Gasteiger partial charge in [-0.15, -0.1) is 0 Å². The van der Waals surface area contributed by atoms with Crippen molar-refractivity contribution in [3.05, 3.63) is 77.6 Å². The predicted octanol–water partition coefficient (Wildman–Crippen LogP) is 4.75. The van der Waals surface area contributed by atoms with Crippen LogP contribution in [0.3, 0.4) is 0 Å². The summed E-state index contributed by atoms with van der Waals surface area (Å²) in [6.45, 7) is 6.59. The Balaban J connectivity index is 1.70. The van der Waals surface area contributed by atoms with Crippen molar-refractivity contribution in [2.24, 2.45) is 0 Å². The number of hydrogen-bond acceptors (Lipinski definition) is 5. The maximum Gasteiger partial charge on any atom is 0.331 e. The fourth-order valence-corrected chi connectivity index (χ4v) is 3.80. The van der Waals surface area contributed by atoms with E-state index >= 15 is 0 Å². The number of allylic oxidation sites excluding steroid dienone is 5. The number of amides is 1. The zero-order valence-corrected chi connectivity index (χ0v) is 19.3. The number of aliphatic carboxylic acids is 1. The molecule has 0 saturated carbocycles. The van der Waals surface area contributed by atoms with Gasteiger partial charge in [-0.25, -0.2) is 9.78 Å². The van der Waals surface area contributed by atoms with Gasteiger partial charge in [-0.05, 0) is 49.9 Å². The second-order valence-electron chi connectivity index (χ2n) is 7.81. The van der Waals surface area contributed by atoms with Gasteiger partial charge in [0.15, 0.2) is 6.04 Å². The molecule has 2 heterocycles. The molecular weight excluding hydrogens is 420 g/mol. The lowest BCUT2D eigenvalue weighted by atomic mass is 9.92. The first-order valence-electron chi connectivity index (χ1n) is 11.1. The van der Waals surface area contributed by atoms with E-state index in [4.69, 9.17) is 9.15 Å². The van der Waals surface area contributed by atoms with Gasteiger partial charge in [0.05, 0.1) is 12.3 Å². The van der Waals surface area contributed by atoms with Crippen LogP contribution >= 0.6 is 0 Å². The molecule has 1 unspecified atom stereocenters. The number of hydrogen-bond donors (Lipinski definition) is 1. The monoisotopic (exact) mass is 450 g/mol. The fourth-order valence-electron chi connectivity index (χ4n) is 3.80. The molecule has 0 spiro atoms. The molecule has 7 nitrogen and oxygen atoms in total. The summed E-state index contributed by atoms with van der Waals surface area (Å²) in [4.78, 5) is 30.5. The molecule has 33 heavy (non-hydrogen) atoms. The summed E-state index contributed by atoms with van der Waals surface area (Å²) in [5, 5.41) is 9.88. The number of carboxylic acids is 1. The quantitative estimate of drug-likeness (QED) is 0.438. The molecule has 1 aromatic heterocycles. The number of fused-ring (bicyclic) bond motifs is 1. The Kier molecular flexibility index (Phi) is 8.24. The van der Waals surface area contributed by atoms with Crippen LogP contribution in [0.15, 0.2) is 59.3 Å². The molecule has 174 valence electrons. The first-order chi connectivity index (χ1) is 15.9. The second-order valence-corrected chi connectivity index (χ2v) is 7.81. The molecule has 0 radical (unpaired) electrons. The number of carboxylic acid groups (broad SMARTS) is 1. The van der Waals surface area contributed by atoms with Crippen LogP contribution in [0.2, 0.25) is 0 Å². The number of ether oxygens (including phenoxy) is 1. The minimum atomic E-state index is -1.06. The number of carbonyl (C=O) groups excluding carboxylic acids is 1. The Morgan fingerprint density at radius 3 is 2.88 bits per heavy atom. The predicted molar refractivity (Wildman–Crippen MR) is 126 cm³/mol. The third kappa shape index (κ3) is 6.00. The molecule has 0 fully saturated rings. The first kappa shape index (κ1) is 24.0. The van der Waals surface area contributed by atoms with Gasteiger partial charge in [-0.1, -0.05) is 37.3 Å². The van der Waals surface area contributed by atoms with Gasteiger partial charge in [0.2, 0.25) is 11.8 Å². The first-order valence-corrected chi connectivity index (χ1v) is 11.1. The smallest absolute Gasteiger partial charge is 0.331 e. The van der Waals surface area contributed by atoms with Crippen LogP contribution in [0.1, 0.15) is 55.9 Å². The van der Waals surface area contributed by atoms with Gasteiger partial charge in [0.1, 0.15) is 12.0 Å². The molecule has 3 rings (SSSR count). The molecule has 1 atom stereocenters. The molecule has 1 amide bonds. The molecule has 1 N–H and O–H groups in total. The van der Waals surface area contributed by atoms with Crippen molar-refractivity contribution in [3.63, 3.8) is 0 Å². The Morgan fingerprint density at radius 2 is 2.15 bits per heavy atom. The van der Waals surface area contributed by atoms with Gasteiger partial charge < -0.3 is 19.2 Å². The molecular formula is C26H30N2O5. The van der Waals surface area contributed by atoms with Crippen LogP contribution in [0.25, 0.3) is 5.57 Å². The summed E-state index contributed by atoms with van der Waals surface area (Å²) in [6, 6.07) is 4.40. The van der Waals surface area contributed by atoms with Crippen LogP contribution in [-0.4, -0.2) is 40.0 Å². The number of oxazole rings is 1. The summed E-state index contributed by atoms with van der Waals surface area (Å²) >= 11 is 0. The highest BCUT2D eigenvalue weighted by Gasteiger charge is 2.35. The number of rotatable bonds is 9. The van der Waals surface area contributed by atoms with Crippen molar-refractivity contribution in [1.82, 2.24) is 9.88 Å².